The molecule has 36 heavy (non-hydrogen) atoms. The highest BCUT2D eigenvalue weighted by molar-refractivity contribution is 6.05. The van der Waals surface area contributed by atoms with Gasteiger partial charge >= 0.3 is 6.18 Å². The number of hydrogen-bond donors (Lipinski definition) is 2. The molecule has 0 bridgehead atoms. The molecule has 0 saturated heterocycles. The third-order valence-corrected chi connectivity index (χ3v) is 5.20. The molecule has 0 atom stereocenters. The minimum atomic E-state index is -4.50. The lowest BCUT2D eigenvalue weighted by Gasteiger charge is -2.12. The highest BCUT2D eigenvalue weighted by atomic mass is 19.4. The van der Waals surface area contributed by atoms with Gasteiger partial charge in [-0.3, -0.25) is 14.4 Å². The first-order valence-corrected chi connectivity index (χ1v) is 10.6. The Balaban J connectivity index is 1.37. The number of nitrogens with one attached hydrogen (secondary N) is 2. The molecule has 1 aromatic heterocycles. The predicted molar refractivity (Wildman–Crippen MR) is 127 cm³/mol. The number of carbonyl (C=O) groups excluding carboxylic acids is 2. The summed E-state index contributed by atoms with van der Waals surface area (Å²) in [6.07, 6.45) is -3.23. The molecule has 1 heterocycles. The molecule has 10 heteroatoms. The molecule has 7 nitrogen and oxygen atoms in total. The monoisotopic (exact) mass is 496 g/mol. The summed E-state index contributed by atoms with van der Waals surface area (Å²) in [6.45, 7) is 0.954. The van der Waals surface area contributed by atoms with E-state index >= 15 is 0 Å². The van der Waals surface area contributed by atoms with Crippen molar-refractivity contribution >= 4 is 34.2 Å². The van der Waals surface area contributed by atoms with Crippen molar-refractivity contribution in [1.29, 1.82) is 0 Å². The Morgan fingerprint density at radius 2 is 1.69 bits per heavy atom. The van der Waals surface area contributed by atoms with Crippen LogP contribution in [0.1, 0.15) is 21.5 Å². The Labute approximate surface area is 202 Å². The van der Waals surface area contributed by atoms with Crippen LogP contribution in [0.5, 0.6) is 5.75 Å². The Morgan fingerprint density at radius 1 is 0.944 bits per heavy atom. The molecule has 0 saturated carbocycles. The maximum Gasteiger partial charge on any atom is 0.416 e. The second-order valence-electron chi connectivity index (χ2n) is 7.84. The fourth-order valence-corrected chi connectivity index (χ4v) is 3.50. The van der Waals surface area contributed by atoms with Crippen molar-refractivity contribution in [3.8, 4) is 5.75 Å². The second kappa shape index (κ2) is 9.95. The van der Waals surface area contributed by atoms with Crippen LogP contribution in [0.25, 0.3) is 11.0 Å². The van der Waals surface area contributed by atoms with Crippen molar-refractivity contribution in [2.24, 2.45) is 0 Å². The number of rotatable bonds is 6. The Kier molecular flexibility index (Phi) is 6.77. The van der Waals surface area contributed by atoms with Crippen molar-refractivity contribution in [3.63, 3.8) is 0 Å². The lowest BCUT2D eigenvalue weighted by atomic mass is 10.0. The van der Waals surface area contributed by atoms with Gasteiger partial charge in [0, 0.05) is 29.1 Å². The van der Waals surface area contributed by atoms with Crippen molar-refractivity contribution in [3.05, 3.63) is 99.9 Å². The second-order valence-corrected chi connectivity index (χ2v) is 7.84. The van der Waals surface area contributed by atoms with Gasteiger partial charge in [0.2, 0.25) is 0 Å². The van der Waals surface area contributed by atoms with E-state index in [4.69, 9.17) is 9.15 Å². The van der Waals surface area contributed by atoms with Crippen molar-refractivity contribution in [1.82, 2.24) is 0 Å². The van der Waals surface area contributed by atoms with Crippen molar-refractivity contribution in [2.75, 3.05) is 17.2 Å². The fraction of sp³-hybridized carbons (Fsp3) is 0.115. The standard InChI is InChI=1S/C26H19F3N2O5/c1-15-11-16(5-8-21(15)26(27,28)29)25(34)31-18-4-2-3-17(12-18)30-24(33)14-36-19-6-7-20-22(32)9-10-35-23(20)13-19/h2-13H,14H2,1H3,(H,30,33)(H,31,34). The number of fused-ring (bicyclic) bond motifs is 1. The molecule has 184 valence electrons. The van der Waals surface area contributed by atoms with Crippen LogP contribution in [0.4, 0.5) is 24.5 Å². The van der Waals surface area contributed by atoms with Gasteiger partial charge < -0.3 is 19.8 Å². The number of alkyl halides is 3. The number of ether oxygens (including phenoxy) is 1. The topological polar surface area (TPSA) is 97.6 Å². The third kappa shape index (κ3) is 5.72. The quantitative estimate of drug-likeness (QED) is 0.373. The molecular formula is C26H19F3N2O5. The van der Waals surface area contributed by atoms with E-state index in [1.54, 1.807) is 30.3 Å². The van der Waals surface area contributed by atoms with Gasteiger partial charge in [-0.15, -0.1) is 0 Å². The lowest BCUT2D eigenvalue weighted by molar-refractivity contribution is -0.138. The zero-order valence-corrected chi connectivity index (χ0v) is 18.8. The highest BCUT2D eigenvalue weighted by Crippen LogP contribution is 2.32. The maximum absolute atomic E-state index is 12.9. The van der Waals surface area contributed by atoms with E-state index in [1.807, 2.05) is 0 Å². The average Bonchev–Trinajstić information content (AvgIpc) is 2.82. The highest BCUT2D eigenvalue weighted by Gasteiger charge is 2.32. The van der Waals surface area contributed by atoms with Crippen LogP contribution in [-0.2, 0) is 11.0 Å². The SMILES string of the molecule is Cc1cc(C(=O)Nc2cccc(NC(=O)COc3ccc4c(=O)ccoc4c3)c2)ccc1C(F)(F)F. The number of benzene rings is 3. The van der Waals surface area contributed by atoms with E-state index in [9.17, 15) is 27.6 Å². The first-order valence-electron chi connectivity index (χ1n) is 10.6. The maximum atomic E-state index is 12.9. The van der Waals surface area contributed by atoms with Gasteiger partial charge in [-0.1, -0.05) is 6.07 Å². The number of anilines is 2. The minimum Gasteiger partial charge on any atom is -0.484 e. The number of amides is 2. The van der Waals surface area contributed by atoms with Crippen LogP contribution < -0.4 is 20.8 Å². The van der Waals surface area contributed by atoms with E-state index in [0.29, 0.717) is 28.1 Å². The number of aryl methyl sites for hydroxylation is 1. The van der Waals surface area contributed by atoms with Gasteiger partial charge in [-0.05, 0) is 61.0 Å². The molecule has 2 amide bonds. The van der Waals surface area contributed by atoms with Crippen molar-refractivity contribution < 1.29 is 31.9 Å². The van der Waals surface area contributed by atoms with E-state index in [0.717, 1.165) is 12.1 Å². The molecule has 0 fully saturated rings. The van der Waals surface area contributed by atoms with Gasteiger partial charge in [-0.25, -0.2) is 0 Å². The van der Waals surface area contributed by atoms with Crippen LogP contribution in [0, 0.1) is 6.92 Å². The summed E-state index contributed by atoms with van der Waals surface area (Å²) < 4.78 is 49.6. The molecule has 4 aromatic rings. The summed E-state index contributed by atoms with van der Waals surface area (Å²) in [5.74, 6) is -0.743. The largest absolute Gasteiger partial charge is 0.484 e. The summed E-state index contributed by atoms with van der Waals surface area (Å²) in [5.41, 5.74) is 0.0295. The number of hydrogen-bond acceptors (Lipinski definition) is 5. The summed E-state index contributed by atoms with van der Waals surface area (Å²) >= 11 is 0. The first-order chi connectivity index (χ1) is 17.1. The van der Waals surface area contributed by atoms with Crippen LogP contribution in [0.2, 0.25) is 0 Å². The van der Waals surface area contributed by atoms with Crippen LogP contribution >= 0.6 is 0 Å². The van der Waals surface area contributed by atoms with Gasteiger partial charge in [-0.2, -0.15) is 13.2 Å². The Morgan fingerprint density at radius 3 is 2.42 bits per heavy atom. The molecule has 0 spiro atoms. The van der Waals surface area contributed by atoms with E-state index < -0.39 is 23.6 Å². The summed E-state index contributed by atoms with van der Waals surface area (Å²) in [5, 5.41) is 5.62. The Hall–Kier alpha value is -4.60. The third-order valence-electron chi connectivity index (χ3n) is 5.20. The minimum absolute atomic E-state index is 0.0644. The predicted octanol–water partition coefficient (Wildman–Crippen LogP) is 5.39. The zero-order valence-electron chi connectivity index (χ0n) is 18.8. The van der Waals surface area contributed by atoms with Crippen molar-refractivity contribution in [2.45, 2.75) is 13.1 Å². The summed E-state index contributed by atoms with van der Waals surface area (Å²) in [6, 6.07) is 15.3. The van der Waals surface area contributed by atoms with Crippen LogP contribution in [0.3, 0.4) is 0 Å². The lowest BCUT2D eigenvalue weighted by Crippen LogP contribution is -2.20. The molecular weight excluding hydrogens is 477 g/mol. The molecule has 2 N–H and O–H groups in total. The smallest absolute Gasteiger partial charge is 0.416 e. The fourth-order valence-electron chi connectivity index (χ4n) is 3.50. The number of carbonyl (C=O) groups is 2. The Bertz CT molecular complexity index is 1510. The summed E-state index contributed by atoms with van der Waals surface area (Å²) in [4.78, 5) is 36.6. The van der Waals surface area contributed by atoms with Gasteiger partial charge in [0.15, 0.2) is 12.0 Å². The normalized spacial score (nSPS) is 11.2. The molecule has 0 aliphatic rings. The van der Waals surface area contributed by atoms with E-state index in [1.165, 1.54) is 37.5 Å². The molecule has 0 radical (unpaired) electrons. The molecule has 4 rings (SSSR count). The summed E-state index contributed by atoms with van der Waals surface area (Å²) in [7, 11) is 0. The molecule has 0 unspecified atom stereocenters. The molecule has 0 aliphatic heterocycles. The number of halogens is 3. The average molecular weight is 496 g/mol. The van der Waals surface area contributed by atoms with E-state index in [-0.39, 0.29) is 23.2 Å². The van der Waals surface area contributed by atoms with Gasteiger partial charge in [0.25, 0.3) is 11.8 Å². The first kappa shape index (κ1) is 24.5. The molecule has 0 aliphatic carbocycles. The van der Waals surface area contributed by atoms with E-state index in [2.05, 4.69) is 10.6 Å². The molecule has 3 aromatic carbocycles. The zero-order chi connectivity index (χ0) is 25.9. The van der Waals surface area contributed by atoms with Crippen LogP contribution in [0.15, 0.2) is 82.2 Å². The van der Waals surface area contributed by atoms with Gasteiger partial charge in [0.05, 0.1) is 17.2 Å². The van der Waals surface area contributed by atoms with Crippen LogP contribution in [-0.4, -0.2) is 18.4 Å². The van der Waals surface area contributed by atoms with Gasteiger partial charge in [0.1, 0.15) is 11.3 Å².